The molecule has 190 valence electrons. The average molecular weight is 489 g/mol. The quantitative estimate of drug-likeness (QED) is 0.0983. The van der Waals surface area contributed by atoms with E-state index in [1.807, 2.05) is 5.32 Å². The first-order valence-electron chi connectivity index (χ1n) is 9.60. The number of carboxylic acid groups (broad SMARTS) is 2. The van der Waals surface area contributed by atoms with Crippen LogP contribution >= 0.6 is 0 Å². The van der Waals surface area contributed by atoms with Gasteiger partial charge in [0, 0.05) is 6.42 Å². The SMILES string of the molecule is NC(=O)CCC(NC(=O)C(N)CC(N)=O)C(=O)NC(CC(N)=O)C(=O)NC(CC(=O)O)C(=O)O. The van der Waals surface area contributed by atoms with E-state index in [1.165, 1.54) is 0 Å². The standard InChI is InChI=1S/C17H27N7O10/c18-6(3-11(20)26)14(30)22-7(1-2-10(19)25)15(31)23-8(4-12(21)27)16(32)24-9(17(33)34)5-13(28)29/h6-9H,1-5,18H2,(H2,19,25)(H2,20,26)(H2,21,27)(H,22,30)(H,23,31)(H,24,32)(H,28,29)(H,33,34). The first kappa shape index (κ1) is 29.7. The molecule has 34 heavy (non-hydrogen) atoms. The maximum Gasteiger partial charge on any atom is 0.326 e. The van der Waals surface area contributed by atoms with Crippen LogP contribution < -0.4 is 38.9 Å². The summed E-state index contributed by atoms with van der Waals surface area (Å²) >= 11 is 0. The van der Waals surface area contributed by atoms with E-state index in [1.54, 1.807) is 0 Å². The highest BCUT2D eigenvalue weighted by Crippen LogP contribution is 2.03. The molecule has 0 fully saturated rings. The Morgan fingerprint density at radius 1 is 0.618 bits per heavy atom. The number of amides is 6. The number of nitrogens with one attached hydrogen (secondary N) is 3. The van der Waals surface area contributed by atoms with Gasteiger partial charge in [-0.2, -0.15) is 0 Å². The van der Waals surface area contributed by atoms with Crippen LogP contribution in [-0.2, 0) is 38.4 Å². The second kappa shape index (κ2) is 14.0. The van der Waals surface area contributed by atoms with Crippen molar-refractivity contribution in [2.75, 3.05) is 0 Å². The highest BCUT2D eigenvalue weighted by molar-refractivity contribution is 5.97. The molecule has 0 aliphatic rings. The first-order chi connectivity index (χ1) is 15.6. The topological polar surface area (TPSA) is 317 Å². The molecule has 4 atom stereocenters. The van der Waals surface area contributed by atoms with Gasteiger partial charge in [-0.05, 0) is 6.42 Å². The lowest BCUT2D eigenvalue weighted by atomic mass is 10.1. The molecule has 0 saturated carbocycles. The van der Waals surface area contributed by atoms with Crippen LogP contribution in [0.5, 0.6) is 0 Å². The van der Waals surface area contributed by atoms with E-state index in [9.17, 15) is 38.4 Å². The molecule has 0 aromatic rings. The second-order valence-corrected chi connectivity index (χ2v) is 7.07. The molecule has 13 N–H and O–H groups in total. The Balaban J connectivity index is 5.62. The van der Waals surface area contributed by atoms with Crippen molar-refractivity contribution < 1.29 is 48.6 Å². The van der Waals surface area contributed by atoms with Crippen molar-refractivity contribution in [2.24, 2.45) is 22.9 Å². The molecule has 0 rings (SSSR count). The molecule has 0 radical (unpaired) electrons. The van der Waals surface area contributed by atoms with Gasteiger partial charge in [-0.25, -0.2) is 4.79 Å². The van der Waals surface area contributed by atoms with Crippen molar-refractivity contribution in [2.45, 2.75) is 56.3 Å². The summed E-state index contributed by atoms with van der Waals surface area (Å²) in [6.45, 7) is 0. The van der Waals surface area contributed by atoms with Gasteiger partial charge in [0.1, 0.15) is 18.1 Å². The monoisotopic (exact) mass is 489 g/mol. The van der Waals surface area contributed by atoms with E-state index in [0.29, 0.717) is 0 Å². The summed E-state index contributed by atoms with van der Waals surface area (Å²) < 4.78 is 0. The van der Waals surface area contributed by atoms with Crippen LogP contribution in [0, 0.1) is 0 Å². The molecule has 0 aromatic heterocycles. The van der Waals surface area contributed by atoms with Gasteiger partial charge in [-0.3, -0.25) is 33.6 Å². The number of carboxylic acids is 2. The first-order valence-corrected chi connectivity index (χ1v) is 9.60. The second-order valence-electron chi connectivity index (χ2n) is 7.07. The molecule has 17 nitrogen and oxygen atoms in total. The summed E-state index contributed by atoms with van der Waals surface area (Å²) in [5.74, 6) is -9.48. The predicted octanol–water partition coefficient (Wildman–Crippen LogP) is -5.66. The minimum Gasteiger partial charge on any atom is -0.481 e. The maximum atomic E-state index is 12.7. The number of rotatable bonds is 16. The number of primary amides is 3. The molecule has 0 aliphatic carbocycles. The van der Waals surface area contributed by atoms with E-state index >= 15 is 0 Å². The normalized spacial score (nSPS) is 13.9. The Hall–Kier alpha value is -4.28. The van der Waals surface area contributed by atoms with Gasteiger partial charge in [0.25, 0.3) is 0 Å². The van der Waals surface area contributed by atoms with Gasteiger partial charge in [0.05, 0.1) is 25.3 Å². The number of hydrogen-bond donors (Lipinski definition) is 9. The fourth-order valence-electron chi connectivity index (χ4n) is 2.47. The van der Waals surface area contributed by atoms with Gasteiger partial charge in [0.15, 0.2) is 0 Å². The van der Waals surface area contributed by atoms with Gasteiger partial charge in [0.2, 0.25) is 35.4 Å². The minimum atomic E-state index is -1.89. The largest absolute Gasteiger partial charge is 0.481 e. The van der Waals surface area contributed by atoms with Gasteiger partial charge in [-0.1, -0.05) is 0 Å². The van der Waals surface area contributed by atoms with E-state index in [-0.39, 0.29) is 6.42 Å². The van der Waals surface area contributed by atoms with E-state index in [4.69, 9.17) is 33.1 Å². The molecule has 0 saturated heterocycles. The van der Waals surface area contributed by atoms with Crippen LogP contribution in [0.25, 0.3) is 0 Å². The van der Waals surface area contributed by atoms with Crippen LogP contribution in [-0.4, -0.2) is 81.8 Å². The molecule has 0 aliphatic heterocycles. The van der Waals surface area contributed by atoms with Crippen LogP contribution in [0.15, 0.2) is 0 Å². The Bertz CT molecular complexity index is 847. The predicted molar refractivity (Wildman–Crippen MR) is 110 cm³/mol. The third kappa shape index (κ3) is 11.9. The molecular weight excluding hydrogens is 462 g/mol. The number of carbonyl (C=O) groups excluding carboxylic acids is 6. The Kier molecular flexibility index (Phi) is 12.2. The van der Waals surface area contributed by atoms with Gasteiger partial charge in [-0.15, -0.1) is 0 Å². The summed E-state index contributed by atoms with van der Waals surface area (Å²) in [5.41, 5.74) is 20.5. The zero-order valence-electron chi connectivity index (χ0n) is 17.8. The van der Waals surface area contributed by atoms with Crippen molar-refractivity contribution in [1.82, 2.24) is 16.0 Å². The van der Waals surface area contributed by atoms with Crippen molar-refractivity contribution in [3.05, 3.63) is 0 Å². The number of nitrogens with two attached hydrogens (primary N) is 4. The third-order valence-corrected chi connectivity index (χ3v) is 4.10. The van der Waals surface area contributed by atoms with Crippen molar-refractivity contribution in [3.8, 4) is 0 Å². The Morgan fingerprint density at radius 2 is 1.09 bits per heavy atom. The number of carbonyl (C=O) groups is 8. The van der Waals surface area contributed by atoms with Crippen LogP contribution in [0.3, 0.4) is 0 Å². The van der Waals surface area contributed by atoms with Crippen molar-refractivity contribution >= 4 is 47.4 Å². The summed E-state index contributed by atoms with van der Waals surface area (Å²) in [7, 11) is 0. The lowest BCUT2D eigenvalue weighted by Crippen LogP contribution is -2.58. The smallest absolute Gasteiger partial charge is 0.326 e. The molecule has 0 spiro atoms. The molecule has 0 aromatic carbocycles. The summed E-state index contributed by atoms with van der Waals surface area (Å²) in [6, 6.07) is -6.64. The number of hydrogen-bond acceptors (Lipinski definition) is 9. The average Bonchev–Trinajstić information content (AvgIpc) is 2.68. The molecule has 6 amide bonds. The van der Waals surface area contributed by atoms with E-state index < -0.39 is 97.2 Å². The van der Waals surface area contributed by atoms with Gasteiger partial charge >= 0.3 is 11.9 Å². The lowest BCUT2D eigenvalue weighted by molar-refractivity contribution is -0.147. The van der Waals surface area contributed by atoms with Crippen LogP contribution in [0.4, 0.5) is 0 Å². The zero-order valence-corrected chi connectivity index (χ0v) is 17.8. The fourth-order valence-corrected chi connectivity index (χ4v) is 2.47. The molecular formula is C17H27N7O10. The van der Waals surface area contributed by atoms with Crippen LogP contribution in [0.1, 0.15) is 32.1 Å². The van der Waals surface area contributed by atoms with Crippen molar-refractivity contribution in [3.63, 3.8) is 0 Å². The highest BCUT2D eigenvalue weighted by atomic mass is 16.4. The minimum absolute atomic E-state index is 0.377. The highest BCUT2D eigenvalue weighted by Gasteiger charge is 2.32. The summed E-state index contributed by atoms with van der Waals surface area (Å²) in [6.07, 6.45) is -3.18. The molecule has 4 unspecified atom stereocenters. The molecule has 0 heterocycles. The van der Waals surface area contributed by atoms with E-state index in [0.717, 1.165) is 0 Å². The van der Waals surface area contributed by atoms with Gasteiger partial charge < -0.3 is 49.1 Å². The molecule has 17 heteroatoms. The summed E-state index contributed by atoms with van der Waals surface area (Å²) in [5, 5.41) is 23.9. The summed E-state index contributed by atoms with van der Waals surface area (Å²) in [4.78, 5) is 92.6. The van der Waals surface area contributed by atoms with Crippen LogP contribution in [0.2, 0.25) is 0 Å². The van der Waals surface area contributed by atoms with E-state index in [2.05, 4.69) is 10.6 Å². The van der Waals surface area contributed by atoms with Crippen molar-refractivity contribution in [1.29, 1.82) is 0 Å². The Morgan fingerprint density at radius 3 is 1.53 bits per heavy atom. The Labute approximate surface area is 191 Å². The zero-order chi connectivity index (χ0) is 26.6. The fraction of sp³-hybridized carbons (Fsp3) is 0.529. The molecule has 0 bridgehead atoms. The maximum absolute atomic E-state index is 12.7. The number of aliphatic carboxylic acids is 2. The third-order valence-electron chi connectivity index (χ3n) is 4.10. The lowest BCUT2D eigenvalue weighted by Gasteiger charge is -2.24.